The van der Waals surface area contributed by atoms with Crippen molar-refractivity contribution < 1.29 is 13.2 Å². The minimum Gasteiger partial charge on any atom is -0.365 e. The van der Waals surface area contributed by atoms with Crippen molar-refractivity contribution in [2.24, 2.45) is 0 Å². The quantitative estimate of drug-likeness (QED) is 0.933. The fourth-order valence-electron chi connectivity index (χ4n) is 1.97. The Morgan fingerprint density at radius 1 is 1.30 bits per heavy atom. The molecule has 0 aliphatic carbocycles. The van der Waals surface area contributed by atoms with Gasteiger partial charge in [0.1, 0.15) is 5.52 Å². The first kappa shape index (κ1) is 14.6. The van der Waals surface area contributed by atoms with Crippen LogP contribution in [0.2, 0.25) is 0 Å². The molecule has 7 heteroatoms. The molecule has 1 atom stereocenters. The molecule has 2 aromatic rings. The smallest absolute Gasteiger partial charge is 0.365 e. The highest BCUT2D eigenvalue weighted by Gasteiger charge is 2.30. The van der Waals surface area contributed by atoms with Gasteiger partial charge in [0.15, 0.2) is 5.82 Å². The molecule has 0 bridgehead atoms. The molecule has 0 aliphatic heterocycles. The number of alkyl halides is 3. The fraction of sp³-hybridized carbons (Fsp3) is 0.538. The van der Waals surface area contributed by atoms with E-state index in [-0.39, 0.29) is 5.92 Å². The van der Waals surface area contributed by atoms with E-state index in [9.17, 15) is 13.2 Å². The molecule has 0 spiro atoms. The Balaban J connectivity index is 2.26. The van der Waals surface area contributed by atoms with Crippen LogP contribution in [0.3, 0.4) is 0 Å². The summed E-state index contributed by atoms with van der Waals surface area (Å²) >= 11 is 0. The van der Waals surface area contributed by atoms with Crippen LogP contribution in [0.15, 0.2) is 18.5 Å². The van der Waals surface area contributed by atoms with Gasteiger partial charge in [-0.3, -0.25) is 0 Å². The highest BCUT2D eigenvalue weighted by atomic mass is 19.4. The van der Waals surface area contributed by atoms with Gasteiger partial charge in [-0.1, -0.05) is 13.8 Å². The van der Waals surface area contributed by atoms with Crippen molar-refractivity contribution in [2.75, 3.05) is 5.32 Å². The molecule has 110 valence electrons. The lowest BCUT2D eigenvalue weighted by atomic mass is 10.1. The molecule has 0 saturated carbocycles. The second kappa shape index (κ2) is 5.30. The number of halogens is 3. The maximum absolute atomic E-state index is 12.4. The SMILES string of the molecule is CC(CC(F)(F)F)Nc1nccn2nc(C(C)C)cc12. The van der Waals surface area contributed by atoms with Gasteiger partial charge in [-0.05, 0) is 18.9 Å². The lowest BCUT2D eigenvalue weighted by molar-refractivity contribution is -0.136. The Morgan fingerprint density at radius 3 is 2.60 bits per heavy atom. The van der Waals surface area contributed by atoms with Crippen molar-refractivity contribution >= 4 is 11.3 Å². The van der Waals surface area contributed by atoms with Crippen LogP contribution in [0.25, 0.3) is 5.52 Å². The minimum absolute atomic E-state index is 0.246. The minimum atomic E-state index is -4.19. The Kier molecular flexibility index (Phi) is 3.87. The summed E-state index contributed by atoms with van der Waals surface area (Å²) in [6.07, 6.45) is -1.89. The van der Waals surface area contributed by atoms with E-state index in [1.807, 2.05) is 19.9 Å². The summed E-state index contributed by atoms with van der Waals surface area (Å²) in [5, 5.41) is 7.17. The van der Waals surface area contributed by atoms with Crippen LogP contribution in [0.5, 0.6) is 0 Å². The number of rotatable bonds is 4. The summed E-state index contributed by atoms with van der Waals surface area (Å²) < 4.78 is 38.7. The van der Waals surface area contributed by atoms with Crippen molar-refractivity contribution in [2.45, 2.75) is 45.3 Å². The van der Waals surface area contributed by atoms with Gasteiger partial charge in [0.25, 0.3) is 0 Å². The maximum Gasteiger partial charge on any atom is 0.391 e. The van der Waals surface area contributed by atoms with Gasteiger partial charge in [0, 0.05) is 18.4 Å². The zero-order valence-corrected chi connectivity index (χ0v) is 11.6. The third-order valence-corrected chi connectivity index (χ3v) is 2.92. The summed E-state index contributed by atoms with van der Waals surface area (Å²) in [6, 6.07) is 1.10. The summed E-state index contributed by atoms with van der Waals surface area (Å²) in [6.45, 7) is 5.50. The van der Waals surface area contributed by atoms with Gasteiger partial charge in [0.05, 0.1) is 12.1 Å². The summed E-state index contributed by atoms with van der Waals surface area (Å²) in [5.74, 6) is 0.666. The first-order valence-electron chi connectivity index (χ1n) is 6.44. The Morgan fingerprint density at radius 2 is 2.00 bits per heavy atom. The van der Waals surface area contributed by atoms with Crippen LogP contribution in [-0.4, -0.2) is 26.8 Å². The zero-order chi connectivity index (χ0) is 14.9. The van der Waals surface area contributed by atoms with E-state index in [0.29, 0.717) is 11.3 Å². The normalized spacial score (nSPS) is 13.9. The molecule has 2 heterocycles. The number of aromatic nitrogens is 3. The fourth-order valence-corrected chi connectivity index (χ4v) is 1.97. The van der Waals surface area contributed by atoms with Crippen LogP contribution in [0.1, 0.15) is 38.8 Å². The van der Waals surface area contributed by atoms with Crippen LogP contribution in [0, 0.1) is 0 Å². The maximum atomic E-state index is 12.4. The van der Waals surface area contributed by atoms with Crippen molar-refractivity contribution in [1.29, 1.82) is 0 Å². The van der Waals surface area contributed by atoms with E-state index in [4.69, 9.17) is 0 Å². The third kappa shape index (κ3) is 3.40. The second-order valence-corrected chi connectivity index (χ2v) is 5.19. The Hall–Kier alpha value is -1.79. The second-order valence-electron chi connectivity index (χ2n) is 5.19. The van der Waals surface area contributed by atoms with E-state index in [1.54, 1.807) is 10.7 Å². The molecule has 2 rings (SSSR count). The first-order chi connectivity index (χ1) is 9.26. The number of anilines is 1. The molecule has 0 aliphatic rings. The van der Waals surface area contributed by atoms with Crippen molar-refractivity contribution in [1.82, 2.24) is 14.6 Å². The van der Waals surface area contributed by atoms with Crippen LogP contribution in [-0.2, 0) is 0 Å². The molecular formula is C13H17F3N4. The summed E-state index contributed by atoms with van der Waals surface area (Å²) in [4.78, 5) is 4.11. The summed E-state index contributed by atoms with van der Waals surface area (Å²) in [5.41, 5.74) is 1.56. The molecule has 20 heavy (non-hydrogen) atoms. The molecule has 1 N–H and O–H groups in total. The van der Waals surface area contributed by atoms with E-state index >= 15 is 0 Å². The molecular weight excluding hydrogens is 269 g/mol. The number of nitrogens with zero attached hydrogens (tertiary/aromatic N) is 3. The van der Waals surface area contributed by atoms with Gasteiger partial charge in [-0.25, -0.2) is 9.50 Å². The number of nitrogens with one attached hydrogen (secondary N) is 1. The van der Waals surface area contributed by atoms with Gasteiger partial charge < -0.3 is 5.32 Å². The standard InChI is InChI=1S/C13H17F3N4/c1-8(2)10-6-11-12(17-4-5-20(11)19-10)18-9(3)7-13(14,15)16/h4-6,8-9H,7H2,1-3H3,(H,17,18). The molecule has 4 nitrogen and oxygen atoms in total. The lowest BCUT2D eigenvalue weighted by Crippen LogP contribution is -2.24. The van der Waals surface area contributed by atoms with Gasteiger partial charge in [0.2, 0.25) is 0 Å². The van der Waals surface area contributed by atoms with Crippen LogP contribution < -0.4 is 5.32 Å². The predicted octanol–water partition coefficient (Wildman–Crippen LogP) is 3.61. The zero-order valence-electron chi connectivity index (χ0n) is 11.6. The molecule has 2 aromatic heterocycles. The van der Waals surface area contributed by atoms with Crippen LogP contribution in [0.4, 0.5) is 19.0 Å². The average Bonchev–Trinajstić information content (AvgIpc) is 2.71. The Labute approximate surface area is 115 Å². The van der Waals surface area contributed by atoms with Crippen LogP contribution >= 0.6 is 0 Å². The number of hydrogen-bond acceptors (Lipinski definition) is 3. The average molecular weight is 286 g/mol. The van der Waals surface area contributed by atoms with Gasteiger partial charge in [-0.2, -0.15) is 18.3 Å². The predicted molar refractivity (Wildman–Crippen MR) is 70.8 cm³/mol. The molecule has 0 saturated heterocycles. The highest BCUT2D eigenvalue weighted by Crippen LogP contribution is 2.25. The van der Waals surface area contributed by atoms with Gasteiger partial charge >= 0.3 is 6.18 Å². The van der Waals surface area contributed by atoms with E-state index < -0.39 is 18.6 Å². The lowest BCUT2D eigenvalue weighted by Gasteiger charge is -2.16. The largest absolute Gasteiger partial charge is 0.391 e. The third-order valence-electron chi connectivity index (χ3n) is 2.92. The first-order valence-corrected chi connectivity index (χ1v) is 6.44. The molecule has 0 fully saturated rings. The number of fused-ring (bicyclic) bond motifs is 1. The van der Waals surface area contributed by atoms with Crippen molar-refractivity contribution in [3.63, 3.8) is 0 Å². The Bertz CT molecular complexity index is 589. The highest BCUT2D eigenvalue weighted by molar-refractivity contribution is 5.68. The summed E-state index contributed by atoms with van der Waals surface area (Å²) in [7, 11) is 0. The monoisotopic (exact) mass is 286 g/mol. The van der Waals surface area contributed by atoms with E-state index in [2.05, 4.69) is 15.4 Å². The molecule has 0 radical (unpaired) electrons. The van der Waals surface area contributed by atoms with Crippen molar-refractivity contribution in [3.8, 4) is 0 Å². The molecule has 0 aromatic carbocycles. The van der Waals surface area contributed by atoms with Crippen molar-refractivity contribution in [3.05, 3.63) is 24.2 Å². The van der Waals surface area contributed by atoms with E-state index in [0.717, 1.165) is 5.69 Å². The number of hydrogen-bond donors (Lipinski definition) is 1. The molecule has 1 unspecified atom stereocenters. The van der Waals surface area contributed by atoms with Gasteiger partial charge in [-0.15, -0.1) is 0 Å². The molecule has 0 amide bonds. The topological polar surface area (TPSA) is 42.2 Å². The van der Waals surface area contributed by atoms with E-state index in [1.165, 1.54) is 13.1 Å².